The highest BCUT2D eigenvalue weighted by molar-refractivity contribution is 5.74. The fourth-order valence-corrected chi connectivity index (χ4v) is 4.11. The van der Waals surface area contributed by atoms with Gasteiger partial charge >= 0.3 is 5.97 Å². The molecule has 1 amide bonds. The molecule has 0 bridgehead atoms. The Hall–Kier alpha value is -1.10. The molecular formula is C16H30N2O3. The van der Waals surface area contributed by atoms with Crippen molar-refractivity contribution in [1.29, 1.82) is 0 Å². The average Bonchev–Trinajstić information content (AvgIpc) is 2.75. The number of carboxylic acid groups (broad SMARTS) is 1. The fourth-order valence-electron chi connectivity index (χ4n) is 4.11. The molecule has 5 heteroatoms. The van der Waals surface area contributed by atoms with Crippen molar-refractivity contribution < 1.29 is 14.7 Å². The van der Waals surface area contributed by atoms with Gasteiger partial charge in [0.1, 0.15) is 0 Å². The Morgan fingerprint density at radius 2 is 1.86 bits per heavy atom. The first-order valence-corrected chi connectivity index (χ1v) is 8.04. The molecule has 0 spiro atoms. The average molecular weight is 298 g/mol. The van der Waals surface area contributed by atoms with Crippen LogP contribution in [0.3, 0.4) is 0 Å². The van der Waals surface area contributed by atoms with Crippen molar-refractivity contribution in [2.75, 3.05) is 7.05 Å². The molecule has 1 rings (SSSR count). The molecule has 1 fully saturated rings. The van der Waals surface area contributed by atoms with Crippen molar-refractivity contribution in [2.45, 2.75) is 59.0 Å². The number of amides is 1. The summed E-state index contributed by atoms with van der Waals surface area (Å²) in [5.41, 5.74) is 0. The van der Waals surface area contributed by atoms with Crippen LogP contribution >= 0.6 is 0 Å². The van der Waals surface area contributed by atoms with E-state index < -0.39 is 5.97 Å². The van der Waals surface area contributed by atoms with Gasteiger partial charge in [-0.05, 0) is 31.2 Å². The number of rotatable bonds is 7. The molecule has 0 aromatic carbocycles. The number of hydrogen-bond acceptors (Lipinski definition) is 3. The van der Waals surface area contributed by atoms with Crippen LogP contribution in [0.4, 0.5) is 0 Å². The van der Waals surface area contributed by atoms with Crippen molar-refractivity contribution in [1.82, 2.24) is 10.6 Å². The summed E-state index contributed by atoms with van der Waals surface area (Å²) in [6, 6.07) is -0.0516. The van der Waals surface area contributed by atoms with Crippen molar-refractivity contribution in [2.24, 2.45) is 23.7 Å². The minimum atomic E-state index is -0.741. The van der Waals surface area contributed by atoms with Gasteiger partial charge in [0.15, 0.2) is 0 Å². The molecule has 0 unspecified atom stereocenters. The van der Waals surface area contributed by atoms with Gasteiger partial charge in [-0.15, -0.1) is 0 Å². The Labute approximate surface area is 127 Å². The Morgan fingerprint density at radius 1 is 1.29 bits per heavy atom. The molecule has 0 aromatic rings. The second kappa shape index (κ2) is 7.78. The van der Waals surface area contributed by atoms with Crippen LogP contribution in [0.25, 0.3) is 0 Å². The Balaban J connectivity index is 3.08. The zero-order valence-corrected chi connectivity index (χ0v) is 13.8. The molecule has 21 heavy (non-hydrogen) atoms. The molecule has 0 aromatic heterocycles. The van der Waals surface area contributed by atoms with Gasteiger partial charge < -0.3 is 15.7 Å². The molecule has 5 atom stereocenters. The summed E-state index contributed by atoms with van der Waals surface area (Å²) in [6.45, 7) is 7.91. The zero-order chi connectivity index (χ0) is 16.2. The molecule has 1 aliphatic rings. The largest absolute Gasteiger partial charge is 0.481 e. The van der Waals surface area contributed by atoms with Crippen LogP contribution in [0, 0.1) is 23.7 Å². The van der Waals surface area contributed by atoms with Crippen molar-refractivity contribution >= 4 is 11.9 Å². The zero-order valence-electron chi connectivity index (χ0n) is 13.8. The Kier molecular flexibility index (Phi) is 6.65. The molecule has 5 nitrogen and oxygen atoms in total. The van der Waals surface area contributed by atoms with E-state index in [9.17, 15) is 14.7 Å². The van der Waals surface area contributed by atoms with Gasteiger partial charge in [-0.3, -0.25) is 9.59 Å². The summed E-state index contributed by atoms with van der Waals surface area (Å²) in [4.78, 5) is 23.1. The quantitative estimate of drug-likeness (QED) is 0.670. The number of carbonyl (C=O) groups excluding carboxylic acids is 1. The SMILES string of the molecule is CCC(CC)[C@@H](NC(C)=O)[C@@H]1[C@H](NC)[C@@H](C(=O)O)C[C@H]1C. The number of carbonyl (C=O) groups is 2. The molecule has 122 valence electrons. The van der Waals surface area contributed by atoms with Crippen molar-refractivity contribution in [3.05, 3.63) is 0 Å². The summed E-state index contributed by atoms with van der Waals surface area (Å²) in [7, 11) is 1.82. The molecule has 0 heterocycles. The Bertz CT molecular complexity index is 369. The van der Waals surface area contributed by atoms with Crippen LogP contribution in [0.5, 0.6) is 0 Å². The molecule has 0 radical (unpaired) electrons. The van der Waals surface area contributed by atoms with Crippen LogP contribution in [0.1, 0.15) is 47.0 Å². The van der Waals surface area contributed by atoms with Gasteiger partial charge in [-0.25, -0.2) is 0 Å². The first kappa shape index (κ1) is 18.0. The lowest BCUT2D eigenvalue weighted by Gasteiger charge is -2.37. The second-order valence-electron chi connectivity index (χ2n) is 6.35. The molecule has 0 saturated heterocycles. The highest BCUT2D eigenvalue weighted by Gasteiger charge is 2.48. The predicted molar refractivity (Wildman–Crippen MR) is 82.9 cm³/mol. The van der Waals surface area contributed by atoms with Gasteiger partial charge in [0.25, 0.3) is 0 Å². The summed E-state index contributed by atoms with van der Waals surface area (Å²) >= 11 is 0. The summed E-state index contributed by atoms with van der Waals surface area (Å²) in [5.74, 6) is -0.334. The lowest BCUT2D eigenvalue weighted by atomic mass is 9.78. The maximum atomic E-state index is 11.6. The molecule has 1 saturated carbocycles. The van der Waals surface area contributed by atoms with Gasteiger partial charge in [-0.1, -0.05) is 33.6 Å². The van der Waals surface area contributed by atoms with E-state index in [1.54, 1.807) is 0 Å². The third-order valence-electron chi connectivity index (χ3n) is 5.12. The minimum Gasteiger partial charge on any atom is -0.481 e. The first-order chi connectivity index (χ1) is 9.87. The van der Waals surface area contributed by atoms with Crippen LogP contribution in [-0.4, -0.2) is 36.1 Å². The van der Waals surface area contributed by atoms with Crippen LogP contribution in [0.2, 0.25) is 0 Å². The van der Waals surface area contributed by atoms with E-state index in [4.69, 9.17) is 0 Å². The number of carboxylic acids is 1. The normalized spacial score (nSPS) is 30.4. The number of nitrogens with one attached hydrogen (secondary N) is 2. The third kappa shape index (κ3) is 3.96. The lowest BCUT2D eigenvalue weighted by molar-refractivity contribution is -0.142. The summed E-state index contributed by atoms with van der Waals surface area (Å²) in [6.07, 6.45) is 2.64. The van der Waals surface area contributed by atoms with Gasteiger partial charge in [-0.2, -0.15) is 0 Å². The monoisotopic (exact) mass is 298 g/mol. The van der Waals surface area contributed by atoms with E-state index in [0.717, 1.165) is 12.8 Å². The Morgan fingerprint density at radius 3 is 2.24 bits per heavy atom. The van der Waals surface area contributed by atoms with Crippen molar-refractivity contribution in [3.63, 3.8) is 0 Å². The number of aliphatic carboxylic acids is 1. The van der Waals surface area contributed by atoms with E-state index in [-0.39, 0.29) is 35.7 Å². The lowest BCUT2D eigenvalue weighted by Crippen LogP contribution is -2.52. The van der Waals surface area contributed by atoms with E-state index in [0.29, 0.717) is 12.3 Å². The van der Waals surface area contributed by atoms with Crippen molar-refractivity contribution in [3.8, 4) is 0 Å². The van der Waals surface area contributed by atoms with Gasteiger partial charge in [0.2, 0.25) is 5.91 Å². The molecular weight excluding hydrogens is 268 g/mol. The highest BCUT2D eigenvalue weighted by Crippen LogP contribution is 2.41. The molecule has 3 N–H and O–H groups in total. The van der Waals surface area contributed by atoms with Crippen LogP contribution in [0.15, 0.2) is 0 Å². The molecule has 0 aliphatic heterocycles. The smallest absolute Gasteiger partial charge is 0.308 e. The van der Waals surface area contributed by atoms with E-state index >= 15 is 0 Å². The third-order valence-corrected chi connectivity index (χ3v) is 5.12. The summed E-state index contributed by atoms with van der Waals surface area (Å²) < 4.78 is 0. The topological polar surface area (TPSA) is 78.4 Å². The fraction of sp³-hybridized carbons (Fsp3) is 0.875. The highest BCUT2D eigenvalue weighted by atomic mass is 16.4. The van der Waals surface area contributed by atoms with E-state index in [2.05, 4.69) is 31.4 Å². The van der Waals surface area contributed by atoms with E-state index in [1.807, 2.05) is 7.05 Å². The second-order valence-corrected chi connectivity index (χ2v) is 6.35. The maximum Gasteiger partial charge on any atom is 0.308 e. The molecule has 1 aliphatic carbocycles. The van der Waals surface area contributed by atoms with Gasteiger partial charge in [0.05, 0.1) is 5.92 Å². The standard InChI is InChI=1S/C16H30N2O3/c1-6-11(7-2)14(18-10(4)19)13-9(3)8-12(16(20)21)15(13)17-5/h9,11-15,17H,6-8H2,1-5H3,(H,18,19)(H,20,21)/t9-,12+,13-,14-,15-/m1/s1. The first-order valence-electron chi connectivity index (χ1n) is 8.04. The van der Waals surface area contributed by atoms with Gasteiger partial charge in [0, 0.05) is 19.0 Å². The van der Waals surface area contributed by atoms with Crippen LogP contribution < -0.4 is 10.6 Å². The predicted octanol–water partition coefficient (Wildman–Crippen LogP) is 1.87. The van der Waals surface area contributed by atoms with E-state index in [1.165, 1.54) is 6.92 Å². The summed E-state index contributed by atoms with van der Waals surface area (Å²) in [5, 5.41) is 15.7. The minimum absolute atomic E-state index is 0.0345. The number of hydrogen-bond donors (Lipinski definition) is 3. The maximum absolute atomic E-state index is 11.6. The van der Waals surface area contributed by atoms with Crippen LogP contribution in [-0.2, 0) is 9.59 Å².